The highest BCUT2D eigenvalue weighted by molar-refractivity contribution is 4.68. The van der Waals surface area contributed by atoms with Crippen LogP contribution in [-0.2, 0) is 0 Å². The minimum atomic E-state index is 1.16. The molecule has 0 spiro atoms. The first-order valence-electron chi connectivity index (χ1n) is 8.67. The number of nitrogens with zero attached hydrogens (tertiary/aromatic N) is 3. The van der Waals surface area contributed by atoms with E-state index in [0.29, 0.717) is 0 Å². The van der Waals surface area contributed by atoms with Crippen LogP contribution >= 0.6 is 0 Å². The van der Waals surface area contributed by atoms with Gasteiger partial charge in [0.2, 0.25) is 0 Å². The Morgan fingerprint density at radius 3 is 2.25 bits per heavy atom. The number of hydrogen-bond donors (Lipinski definition) is 1. The summed E-state index contributed by atoms with van der Waals surface area (Å²) in [7, 11) is 0. The lowest BCUT2D eigenvalue weighted by Crippen LogP contribution is -2.38. The summed E-state index contributed by atoms with van der Waals surface area (Å²) in [4.78, 5) is 7.75. The van der Waals surface area contributed by atoms with E-state index in [1.807, 2.05) is 0 Å². The first-order valence-corrected chi connectivity index (χ1v) is 8.67. The molecular weight excluding hydrogens is 248 g/mol. The Balaban J connectivity index is 2.14. The van der Waals surface area contributed by atoms with E-state index in [4.69, 9.17) is 0 Å². The van der Waals surface area contributed by atoms with Crippen LogP contribution in [0.15, 0.2) is 0 Å². The smallest absolute Gasteiger partial charge is 0.0110 e. The average molecular weight is 284 g/mol. The molecule has 0 amide bonds. The first-order chi connectivity index (χ1) is 9.80. The molecule has 0 unspecified atom stereocenters. The fraction of sp³-hybridized carbons (Fsp3) is 1.00. The van der Waals surface area contributed by atoms with Gasteiger partial charge in [0.1, 0.15) is 0 Å². The molecule has 1 aliphatic rings. The lowest BCUT2D eigenvalue weighted by atomic mass is 10.3. The Morgan fingerprint density at radius 1 is 0.850 bits per heavy atom. The summed E-state index contributed by atoms with van der Waals surface area (Å²) in [6, 6.07) is 0. The maximum atomic E-state index is 3.48. The van der Waals surface area contributed by atoms with Crippen LogP contribution in [0.4, 0.5) is 0 Å². The van der Waals surface area contributed by atoms with Crippen LogP contribution in [0.3, 0.4) is 0 Å². The maximum absolute atomic E-state index is 3.48. The Labute approximate surface area is 126 Å². The van der Waals surface area contributed by atoms with E-state index in [-0.39, 0.29) is 0 Å². The molecule has 0 aromatic rings. The van der Waals surface area contributed by atoms with Crippen LogP contribution < -0.4 is 5.32 Å². The molecule has 1 heterocycles. The van der Waals surface area contributed by atoms with E-state index in [9.17, 15) is 0 Å². The zero-order valence-corrected chi connectivity index (χ0v) is 14.0. The van der Waals surface area contributed by atoms with E-state index >= 15 is 0 Å². The maximum Gasteiger partial charge on any atom is 0.0110 e. The Hall–Kier alpha value is -0.160. The topological polar surface area (TPSA) is 21.8 Å². The van der Waals surface area contributed by atoms with Crippen molar-refractivity contribution in [1.82, 2.24) is 20.0 Å². The summed E-state index contributed by atoms with van der Waals surface area (Å²) in [6.45, 7) is 20.2. The van der Waals surface area contributed by atoms with Gasteiger partial charge in [-0.05, 0) is 58.7 Å². The number of rotatable bonds is 10. The molecule has 0 bridgehead atoms. The molecule has 1 N–H and O–H groups in total. The SMILES string of the molecule is CCN(CC)CCCN(CC)CCN1CCCNCC1. The lowest BCUT2D eigenvalue weighted by molar-refractivity contribution is 0.203. The van der Waals surface area contributed by atoms with Crippen molar-refractivity contribution in [1.29, 1.82) is 0 Å². The fourth-order valence-corrected chi connectivity index (χ4v) is 2.89. The van der Waals surface area contributed by atoms with E-state index in [1.165, 1.54) is 78.3 Å². The number of nitrogens with one attached hydrogen (secondary N) is 1. The second-order valence-corrected chi connectivity index (χ2v) is 5.76. The van der Waals surface area contributed by atoms with Gasteiger partial charge < -0.3 is 20.0 Å². The van der Waals surface area contributed by atoms with Gasteiger partial charge in [0.05, 0.1) is 0 Å². The van der Waals surface area contributed by atoms with Gasteiger partial charge in [-0.15, -0.1) is 0 Å². The summed E-state index contributed by atoms with van der Waals surface area (Å²) in [5, 5.41) is 3.48. The third-order valence-electron chi connectivity index (χ3n) is 4.46. The molecule has 0 aromatic heterocycles. The molecule has 0 aliphatic carbocycles. The van der Waals surface area contributed by atoms with Crippen molar-refractivity contribution in [2.45, 2.75) is 33.6 Å². The van der Waals surface area contributed by atoms with Gasteiger partial charge in [-0.2, -0.15) is 0 Å². The van der Waals surface area contributed by atoms with Crippen LogP contribution in [0.2, 0.25) is 0 Å². The van der Waals surface area contributed by atoms with Crippen LogP contribution in [0, 0.1) is 0 Å². The minimum absolute atomic E-state index is 1.16. The van der Waals surface area contributed by atoms with Crippen molar-refractivity contribution < 1.29 is 0 Å². The van der Waals surface area contributed by atoms with Gasteiger partial charge in [0, 0.05) is 26.2 Å². The molecule has 20 heavy (non-hydrogen) atoms. The highest BCUT2D eigenvalue weighted by Gasteiger charge is 2.10. The zero-order valence-electron chi connectivity index (χ0n) is 14.0. The summed E-state index contributed by atoms with van der Waals surface area (Å²) >= 11 is 0. The van der Waals surface area contributed by atoms with E-state index in [2.05, 4.69) is 40.8 Å². The summed E-state index contributed by atoms with van der Waals surface area (Å²) in [5.41, 5.74) is 0. The van der Waals surface area contributed by atoms with E-state index in [0.717, 1.165) is 6.54 Å². The van der Waals surface area contributed by atoms with Gasteiger partial charge in [0.15, 0.2) is 0 Å². The molecule has 1 saturated heterocycles. The molecule has 0 saturated carbocycles. The number of likely N-dealkylation sites (N-methyl/N-ethyl adjacent to an activating group) is 1. The molecule has 1 fully saturated rings. The van der Waals surface area contributed by atoms with Crippen LogP contribution in [0.1, 0.15) is 33.6 Å². The molecule has 120 valence electrons. The molecule has 1 aliphatic heterocycles. The molecule has 0 atom stereocenters. The Morgan fingerprint density at radius 2 is 1.55 bits per heavy atom. The summed E-state index contributed by atoms with van der Waals surface area (Å²) in [5.74, 6) is 0. The van der Waals surface area contributed by atoms with Gasteiger partial charge in [0.25, 0.3) is 0 Å². The standard InChI is InChI=1S/C16H36N4/c1-4-18(5-2)12-8-13-19(6-3)15-16-20-11-7-9-17-10-14-20/h17H,4-16H2,1-3H3. The van der Waals surface area contributed by atoms with E-state index in [1.54, 1.807) is 0 Å². The van der Waals surface area contributed by atoms with Crippen molar-refractivity contribution in [2.24, 2.45) is 0 Å². The van der Waals surface area contributed by atoms with Gasteiger partial charge in [-0.25, -0.2) is 0 Å². The fourth-order valence-electron chi connectivity index (χ4n) is 2.89. The van der Waals surface area contributed by atoms with Crippen molar-refractivity contribution >= 4 is 0 Å². The van der Waals surface area contributed by atoms with Crippen molar-refractivity contribution in [3.05, 3.63) is 0 Å². The average Bonchev–Trinajstić information content (AvgIpc) is 2.75. The second-order valence-electron chi connectivity index (χ2n) is 5.76. The van der Waals surface area contributed by atoms with Crippen molar-refractivity contribution in [3.63, 3.8) is 0 Å². The summed E-state index contributed by atoms with van der Waals surface area (Å²) < 4.78 is 0. The van der Waals surface area contributed by atoms with Crippen LogP contribution in [0.25, 0.3) is 0 Å². The van der Waals surface area contributed by atoms with Crippen molar-refractivity contribution in [3.8, 4) is 0 Å². The minimum Gasteiger partial charge on any atom is -0.315 e. The summed E-state index contributed by atoms with van der Waals surface area (Å²) in [6.07, 6.45) is 2.60. The Bertz CT molecular complexity index is 211. The third-order valence-corrected chi connectivity index (χ3v) is 4.46. The largest absolute Gasteiger partial charge is 0.315 e. The van der Waals surface area contributed by atoms with Gasteiger partial charge in [-0.3, -0.25) is 0 Å². The Kier molecular flexibility index (Phi) is 10.3. The highest BCUT2D eigenvalue weighted by atomic mass is 15.2. The molecule has 0 radical (unpaired) electrons. The normalized spacial score (nSPS) is 17.9. The molecule has 1 rings (SSSR count). The lowest BCUT2D eigenvalue weighted by Gasteiger charge is -2.26. The highest BCUT2D eigenvalue weighted by Crippen LogP contribution is 1.99. The zero-order chi connectivity index (χ0) is 14.6. The predicted molar refractivity (Wildman–Crippen MR) is 88.4 cm³/mol. The van der Waals surface area contributed by atoms with Crippen molar-refractivity contribution in [2.75, 3.05) is 72.0 Å². The van der Waals surface area contributed by atoms with Gasteiger partial charge in [-0.1, -0.05) is 20.8 Å². The van der Waals surface area contributed by atoms with Crippen LogP contribution in [0.5, 0.6) is 0 Å². The third kappa shape index (κ3) is 7.58. The molecular formula is C16H36N4. The molecule has 4 nitrogen and oxygen atoms in total. The second kappa shape index (κ2) is 11.5. The molecule has 0 aromatic carbocycles. The quantitative estimate of drug-likeness (QED) is 0.653. The van der Waals surface area contributed by atoms with Gasteiger partial charge >= 0.3 is 0 Å². The van der Waals surface area contributed by atoms with E-state index < -0.39 is 0 Å². The number of hydrogen-bond acceptors (Lipinski definition) is 4. The van der Waals surface area contributed by atoms with Crippen LogP contribution in [-0.4, -0.2) is 86.7 Å². The predicted octanol–water partition coefficient (Wildman–Crippen LogP) is 1.34. The monoisotopic (exact) mass is 284 g/mol. The first kappa shape index (κ1) is 17.9. The molecule has 4 heteroatoms.